The third-order valence-corrected chi connectivity index (χ3v) is 3.05. The number of hydrogen-bond donors (Lipinski definition) is 1. The molecular formula is C12H14N4O. The van der Waals surface area contributed by atoms with E-state index in [1.54, 1.807) is 10.9 Å². The van der Waals surface area contributed by atoms with Crippen molar-refractivity contribution in [3.63, 3.8) is 0 Å². The van der Waals surface area contributed by atoms with Crippen molar-refractivity contribution in [1.29, 1.82) is 0 Å². The van der Waals surface area contributed by atoms with Crippen LogP contribution in [-0.4, -0.2) is 21.6 Å². The lowest BCUT2D eigenvalue weighted by Gasteiger charge is -2.25. The molecule has 1 aliphatic rings. The highest BCUT2D eigenvalue weighted by Crippen LogP contribution is 2.34. The van der Waals surface area contributed by atoms with Gasteiger partial charge in [0.1, 0.15) is 5.75 Å². The third kappa shape index (κ3) is 1.95. The Labute approximate surface area is 99.2 Å². The summed E-state index contributed by atoms with van der Waals surface area (Å²) in [5.74, 6) is 1.86. The molecule has 0 aliphatic carbocycles. The van der Waals surface area contributed by atoms with Gasteiger partial charge in [-0.05, 0) is 18.1 Å². The molecular weight excluding hydrogens is 216 g/mol. The standard InChI is InChI=1S/C12H14N4O/c13-12-8-16(15-14-12)7-9-5-6-17-11-4-2-1-3-10(9)11/h1-4,8-9H,5-7,13H2. The van der Waals surface area contributed by atoms with Crippen molar-refractivity contribution in [2.24, 2.45) is 0 Å². The Hall–Kier alpha value is -2.04. The minimum Gasteiger partial charge on any atom is -0.493 e. The molecule has 1 atom stereocenters. The van der Waals surface area contributed by atoms with Crippen molar-refractivity contribution in [2.75, 3.05) is 12.3 Å². The van der Waals surface area contributed by atoms with Gasteiger partial charge in [-0.25, -0.2) is 4.68 Å². The van der Waals surface area contributed by atoms with Crippen LogP contribution in [0.25, 0.3) is 0 Å². The molecule has 2 N–H and O–H groups in total. The molecule has 0 saturated carbocycles. The summed E-state index contributed by atoms with van der Waals surface area (Å²) in [6.07, 6.45) is 2.76. The molecule has 1 aromatic heterocycles. The number of fused-ring (bicyclic) bond motifs is 1. The molecule has 0 saturated heterocycles. The summed E-state index contributed by atoms with van der Waals surface area (Å²) < 4.78 is 7.42. The van der Waals surface area contributed by atoms with Crippen LogP contribution < -0.4 is 10.5 Å². The number of benzene rings is 1. The topological polar surface area (TPSA) is 66.0 Å². The first-order valence-corrected chi connectivity index (χ1v) is 5.70. The summed E-state index contributed by atoms with van der Waals surface area (Å²) in [5.41, 5.74) is 6.80. The van der Waals surface area contributed by atoms with Crippen LogP contribution in [-0.2, 0) is 6.54 Å². The Bertz CT molecular complexity index is 523. The highest BCUT2D eigenvalue weighted by molar-refractivity contribution is 5.37. The molecule has 1 aromatic carbocycles. The maximum Gasteiger partial charge on any atom is 0.165 e. The normalized spacial score (nSPS) is 18.5. The van der Waals surface area contributed by atoms with Gasteiger partial charge < -0.3 is 10.5 Å². The molecule has 3 rings (SSSR count). The van der Waals surface area contributed by atoms with Crippen molar-refractivity contribution in [1.82, 2.24) is 15.0 Å². The van der Waals surface area contributed by atoms with Gasteiger partial charge in [0.25, 0.3) is 0 Å². The van der Waals surface area contributed by atoms with E-state index in [0.29, 0.717) is 11.7 Å². The van der Waals surface area contributed by atoms with Crippen LogP contribution >= 0.6 is 0 Å². The molecule has 1 aliphatic heterocycles. The Morgan fingerprint density at radius 3 is 3.12 bits per heavy atom. The molecule has 0 radical (unpaired) electrons. The lowest BCUT2D eigenvalue weighted by atomic mass is 9.93. The molecule has 5 nitrogen and oxygen atoms in total. The summed E-state index contributed by atoms with van der Waals surface area (Å²) in [5, 5.41) is 7.78. The van der Waals surface area contributed by atoms with Crippen LogP contribution in [0.5, 0.6) is 5.75 Å². The average molecular weight is 230 g/mol. The molecule has 2 heterocycles. The fourth-order valence-corrected chi connectivity index (χ4v) is 2.23. The molecule has 0 spiro atoms. The van der Waals surface area contributed by atoms with E-state index in [9.17, 15) is 0 Å². The second kappa shape index (κ2) is 4.08. The number of para-hydroxylation sites is 1. The van der Waals surface area contributed by atoms with Crippen LogP contribution in [0.15, 0.2) is 30.5 Å². The minimum atomic E-state index is 0.418. The Kier molecular flexibility index (Phi) is 2.44. The predicted octanol–water partition coefficient (Wildman–Crippen LogP) is 1.43. The SMILES string of the molecule is Nc1cn(CC2CCOc3ccccc32)nn1. The lowest BCUT2D eigenvalue weighted by Crippen LogP contribution is -2.18. The predicted molar refractivity (Wildman–Crippen MR) is 63.7 cm³/mol. The Balaban J connectivity index is 1.85. The number of anilines is 1. The highest BCUT2D eigenvalue weighted by atomic mass is 16.5. The number of nitrogen functional groups attached to an aromatic ring is 1. The molecule has 2 aromatic rings. The van der Waals surface area contributed by atoms with E-state index in [2.05, 4.69) is 16.4 Å². The van der Waals surface area contributed by atoms with Gasteiger partial charge in [0.15, 0.2) is 5.82 Å². The van der Waals surface area contributed by atoms with Crippen LogP contribution in [0, 0.1) is 0 Å². The van der Waals surface area contributed by atoms with Crippen LogP contribution in [0.2, 0.25) is 0 Å². The summed E-state index contributed by atoms with van der Waals surface area (Å²) in [6, 6.07) is 8.15. The molecule has 0 fully saturated rings. The van der Waals surface area contributed by atoms with Crippen LogP contribution in [0.4, 0.5) is 5.82 Å². The highest BCUT2D eigenvalue weighted by Gasteiger charge is 2.21. The second-order valence-electron chi connectivity index (χ2n) is 4.24. The second-order valence-corrected chi connectivity index (χ2v) is 4.24. The fourth-order valence-electron chi connectivity index (χ4n) is 2.23. The van der Waals surface area contributed by atoms with Crippen molar-refractivity contribution in [3.05, 3.63) is 36.0 Å². The monoisotopic (exact) mass is 230 g/mol. The first-order chi connectivity index (χ1) is 8.33. The maximum atomic E-state index is 5.63. The van der Waals surface area contributed by atoms with Gasteiger partial charge in [0.2, 0.25) is 0 Å². The van der Waals surface area contributed by atoms with E-state index in [4.69, 9.17) is 10.5 Å². The van der Waals surface area contributed by atoms with Crippen molar-refractivity contribution in [2.45, 2.75) is 18.9 Å². The van der Waals surface area contributed by atoms with Crippen LogP contribution in [0.1, 0.15) is 17.9 Å². The molecule has 0 bridgehead atoms. The smallest absolute Gasteiger partial charge is 0.165 e. The molecule has 88 valence electrons. The molecule has 1 unspecified atom stereocenters. The molecule has 0 amide bonds. The Morgan fingerprint density at radius 1 is 1.41 bits per heavy atom. The van der Waals surface area contributed by atoms with Gasteiger partial charge in [-0.15, -0.1) is 5.10 Å². The van der Waals surface area contributed by atoms with E-state index < -0.39 is 0 Å². The summed E-state index contributed by atoms with van der Waals surface area (Å²) in [7, 11) is 0. The van der Waals surface area contributed by atoms with E-state index in [0.717, 1.165) is 25.3 Å². The van der Waals surface area contributed by atoms with Gasteiger partial charge in [0, 0.05) is 12.5 Å². The zero-order valence-corrected chi connectivity index (χ0v) is 9.41. The average Bonchev–Trinajstić information content (AvgIpc) is 2.75. The molecule has 5 heteroatoms. The lowest BCUT2D eigenvalue weighted by molar-refractivity contribution is 0.256. The summed E-state index contributed by atoms with van der Waals surface area (Å²) >= 11 is 0. The van der Waals surface area contributed by atoms with Gasteiger partial charge in [0.05, 0.1) is 12.8 Å². The minimum absolute atomic E-state index is 0.418. The van der Waals surface area contributed by atoms with Crippen molar-refractivity contribution in [3.8, 4) is 5.75 Å². The van der Waals surface area contributed by atoms with Gasteiger partial charge in [-0.3, -0.25) is 0 Å². The number of aromatic nitrogens is 3. The van der Waals surface area contributed by atoms with E-state index >= 15 is 0 Å². The van der Waals surface area contributed by atoms with Gasteiger partial charge >= 0.3 is 0 Å². The Morgan fingerprint density at radius 2 is 2.29 bits per heavy atom. The summed E-state index contributed by atoms with van der Waals surface area (Å²) in [6.45, 7) is 1.55. The van der Waals surface area contributed by atoms with Gasteiger partial charge in [-0.1, -0.05) is 23.4 Å². The van der Waals surface area contributed by atoms with Gasteiger partial charge in [-0.2, -0.15) is 0 Å². The van der Waals surface area contributed by atoms with E-state index in [1.165, 1.54) is 5.56 Å². The number of hydrogen-bond acceptors (Lipinski definition) is 4. The number of ether oxygens (including phenoxy) is 1. The quantitative estimate of drug-likeness (QED) is 0.847. The zero-order valence-electron chi connectivity index (χ0n) is 9.41. The first-order valence-electron chi connectivity index (χ1n) is 5.70. The van der Waals surface area contributed by atoms with E-state index in [-0.39, 0.29) is 0 Å². The fraction of sp³-hybridized carbons (Fsp3) is 0.333. The van der Waals surface area contributed by atoms with Crippen LogP contribution in [0.3, 0.4) is 0 Å². The number of rotatable bonds is 2. The largest absolute Gasteiger partial charge is 0.493 e. The van der Waals surface area contributed by atoms with Crippen molar-refractivity contribution >= 4 is 5.82 Å². The van der Waals surface area contributed by atoms with E-state index in [1.807, 2.05) is 18.2 Å². The molecule has 17 heavy (non-hydrogen) atoms. The first kappa shape index (κ1) is 10.1. The summed E-state index contributed by atoms with van der Waals surface area (Å²) in [4.78, 5) is 0. The number of nitrogens with two attached hydrogens (primary N) is 1. The maximum absolute atomic E-state index is 5.63. The third-order valence-electron chi connectivity index (χ3n) is 3.05. The zero-order chi connectivity index (χ0) is 11.7. The van der Waals surface area contributed by atoms with Crippen molar-refractivity contribution < 1.29 is 4.74 Å². The number of nitrogens with zero attached hydrogens (tertiary/aromatic N) is 3.